The predicted molar refractivity (Wildman–Crippen MR) is 66.2 cm³/mol. The van der Waals surface area contributed by atoms with Crippen molar-refractivity contribution in [3.8, 4) is 0 Å². The first-order valence-corrected chi connectivity index (χ1v) is 5.94. The van der Waals surface area contributed by atoms with Crippen LogP contribution in [0.15, 0.2) is 18.2 Å². The number of halogens is 2. The molecule has 0 aliphatic carbocycles. The predicted octanol–water partition coefficient (Wildman–Crippen LogP) is 3.77. The van der Waals surface area contributed by atoms with Crippen LogP contribution in [-0.2, 0) is 11.2 Å². The van der Waals surface area contributed by atoms with Crippen LogP contribution >= 0.6 is 0 Å². The Labute approximate surface area is 106 Å². The van der Waals surface area contributed by atoms with Crippen molar-refractivity contribution >= 4 is 5.97 Å². The average Bonchev–Trinajstić information content (AvgIpc) is 2.27. The van der Waals surface area contributed by atoms with Crippen molar-refractivity contribution < 1.29 is 18.7 Å². The Morgan fingerprint density at radius 2 is 2.00 bits per heavy atom. The summed E-state index contributed by atoms with van der Waals surface area (Å²) < 4.78 is 26.0. The number of carboxylic acid groups (broad SMARTS) is 1. The Bertz CT molecular complexity index is 439. The van der Waals surface area contributed by atoms with Gasteiger partial charge in [-0.3, -0.25) is 0 Å². The van der Waals surface area contributed by atoms with Gasteiger partial charge in [-0.25, -0.2) is 4.79 Å². The van der Waals surface area contributed by atoms with E-state index in [1.54, 1.807) is 0 Å². The number of aryl methyl sites for hydroxylation is 2. The van der Waals surface area contributed by atoms with E-state index in [2.05, 4.69) is 0 Å². The number of alkyl halides is 2. The summed E-state index contributed by atoms with van der Waals surface area (Å²) in [5.74, 6) is -5.38. The fourth-order valence-corrected chi connectivity index (χ4v) is 1.72. The summed E-state index contributed by atoms with van der Waals surface area (Å²) in [6.07, 6.45) is -0.587. The number of hydrogen-bond acceptors (Lipinski definition) is 1. The van der Waals surface area contributed by atoms with Crippen molar-refractivity contribution in [2.75, 3.05) is 0 Å². The molecule has 0 atom stereocenters. The first kappa shape index (κ1) is 14.6. The van der Waals surface area contributed by atoms with Crippen LogP contribution in [0.1, 0.15) is 42.9 Å². The number of benzene rings is 1. The fourth-order valence-electron chi connectivity index (χ4n) is 1.72. The van der Waals surface area contributed by atoms with E-state index < -0.39 is 18.3 Å². The maximum atomic E-state index is 13.0. The summed E-state index contributed by atoms with van der Waals surface area (Å²) in [4.78, 5) is 10.4. The Morgan fingerprint density at radius 3 is 2.50 bits per heavy atom. The summed E-state index contributed by atoms with van der Waals surface area (Å²) >= 11 is 0. The lowest BCUT2D eigenvalue weighted by Gasteiger charge is -2.14. The molecule has 0 amide bonds. The summed E-state index contributed by atoms with van der Waals surface area (Å²) in [5.41, 5.74) is 2.79. The van der Waals surface area contributed by atoms with E-state index in [1.165, 1.54) is 0 Å². The van der Waals surface area contributed by atoms with Crippen LogP contribution in [0, 0.1) is 6.92 Å². The largest absolute Gasteiger partial charge is 0.477 e. The number of carbonyl (C=O) groups is 1. The van der Waals surface area contributed by atoms with E-state index in [4.69, 9.17) is 5.11 Å². The summed E-state index contributed by atoms with van der Waals surface area (Å²) in [6, 6.07) is 5.75. The van der Waals surface area contributed by atoms with Crippen molar-refractivity contribution in [1.82, 2.24) is 0 Å². The van der Waals surface area contributed by atoms with E-state index in [-0.39, 0.29) is 6.42 Å². The van der Waals surface area contributed by atoms with Gasteiger partial charge in [0.1, 0.15) is 0 Å². The average molecular weight is 256 g/mol. The van der Waals surface area contributed by atoms with Crippen LogP contribution in [0.5, 0.6) is 0 Å². The minimum atomic E-state index is -3.65. The standard InChI is InChI=1S/C14H18F2O2/c1-9(2)11-5-4-10(3)12(8-11)6-7-14(15,16)13(17)18/h4-5,8-9H,6-7H2,1-3H3,(H,17,18). The maximum Gasteiger partial charge on any atom is 0.374 e. The van der Waals surface area contributed by atoms with Gasteiger partial charge in [0.2, 0.25) is 0 Å². The lowest BCUT2D eigenvalue weighted by atomic mass is 9.95. The van der Waals surface area contributed by atoms with E-state index in [1.807, 2.05) is 39.0 Å². The molecule has 2 nitrogen and oxygen atoms in total. The molecule has 1 aromatic carbocycles. The molecule has 1 rings (SSSR count). The molecule has 100 valence electrons. The lowest BCUT2D eigenvalue weighted by molar-refractivity contribution is -0.165. The number of aliphatic carboxylic acids is 1. The topological polar surface area (TPSA) is 37.3 Å². The van der Waals surface area contributed by atoms with Gasteiger partial charge in [0.05, 0.1) is 0 Å². The number of carboxylic acids is 1. The van der Waals surface area contributed by atoms with Crippen LogP contribution in [0.2, 0.25) is 0 Å². The molecule has 0 saturated carbocycles. The molecular formula is C14H18F2O2. The van der Waals surface area contributed by atoms with Gasteiger partial charge >= 0.3 is 11.9 Å². The minimum absolute atomic E-state index is 0.0751. The van der Waals surface area contributed by atoms with Gasteiger partial charge in [0, 0.05) is 6.42 Å². The zero-order valence-corrected chi connectivity index (χ0v) is 10.8. The molecule has 0 heterocycles. The second-order valence-corrected chi connectivity index (χ2v) is 4.85. The van der Waals surface area contributed by atoms with Crippen LogP contribution in [0.3, 0.4) is 0 Å². The Kier molecular flexibility index (Phi) is 4.43. The fraction of sp³-hybridized carbons (Fsp3) is 0.500. The summed E-state index contributed by atoms with van der Waals surface area (Å²) in [5, 5.41) is 8.38. The second kappa shape index (κ2) is 5.46. The van der Waals surface area contributed by atoms with Crippen molar-refractivity contribution in [1.29, 1.82) is 0 Å². The molecular weight excluding hydrogens is 238 g/mol. The zero-order chi connectivity index (χ0) is 13.9. The van der Waals surface area contributed by atoms with E-state index in [0.29, 0.717) is 5.92 Å². The second-order valence-electron chi connectivity index (χ2n) is 4.85. The molecule has 0 aliphatic heterocycles. The van der Waals surface area contributed by atoms with Gasteiger partial charge < -0.3 is 5.11 Å². The minimum Gasteiger partial charge on any atom is -0.477 e. The molecule has 0 bridgehead atoms. The third kappa shape index (κ3) is 3.52. The molecule has 0 unspecified atom stereocenters. The molecule has 18 heavy (non-hydrogen) atoms. The third-order valence-electron chi connectivity index (χ3n) is 3.06. The Morgan fingerprint density at radius 1 is 1.39 bits per heavy atom. The van der Waals surface area contributed by atoms with Crippen molar-refractivity contribution in [3.05, 3.63) is 34.9 Å². The maximum absolute atomic E-state index is 13.0. The molecule has 1 N–H and O–H groups in total. The van der Waals surface area contributed by atoms with Gasteiger partial charge in [-0.1, -0.05) is 32.0 Å². The molecule has 0 saturated heterocycles. The van der Waals surface area contributed by atoms with Gasteiger partial charge in [0.15, 0.2) is 0 Å². The first-order valence-electron chi connectivity index (χ1n) is 5.94. The van der Waals surface area contributed by atoms with Crippen LogP contribution in [0.25, 0.3) is 0 Å². The van der Waals surface area contributed by atoms with Crippen LogP contribution < -0.4 is 0 Å². The number of rotatable bonds is 5. The van der Waals surface area contributed by atoms with Crippen molar-refractivity contribution in [2.45, 2.75) is 45.5 Å². The Hall–Kier alpha value is -1.45. The molecule has 0 aliphatic rings. The quantitative estimate of drug-likeness (QED) is 0.870. The van der Waals surface area contributed by atoms with Gasteiger partial charge in [-0.2, -0.15) is 8.78 Å². The SMILES string of the molecule is Cc1ccc(C(C)C)cc1CCC(F)(F)C(=O)O. The summed E-state index contributed by atoms with van der Waals surface area (Å²) in [7, 11) is 0. The first-order chi connectivity index (χ1) is 8.24. The molecule has 0 radical (unpaired) electrons. The van der Waals surface area contributed by atoms with E-state index >= 15 is 0 Å². The number of hydrogen-bond donors (Lipinski definition) is 1. The molecule has 1 aromatic rings. The molecule has 0 spiro atoms. The highest BCUT2D eigenvalue weighted by Crippen LogP contribution is 2.24. The molecule has 0 aromatic heterocycles. The summed E-state index contributed by atoms with van der Waals surface area (Å²) in [6.45, 7) is 5.90. The van der Waals surface area contributed by atoms with Gasteiger partial charge in [-0.05, 0) is 36.0 Å². The molecule has 0 fully saturated rings. The monoisotopic (exact) mass is 256 g/mol. The Balaban J connectivity index is 2.84. The lowest BCUT2D eigenvalue weighted by Crippen LogP contribution is -2.28. The van der Waals surface area contributed by atoms with Gasteiger partial charge in [-0.15, -0.1) is 0 Å². The van der Waals surface area contributed by atoms with Crippen molar-refractivity contribution in [3.63, 3.8) is 0 Å². The van der Waals surface area contributed by atoms with Gasteiger partial charge in [0.25, 0.3) is 0 Å². The van der Waals surface area contributed by atoms with Crippen molar-refractivity contribution in [2.24, 2.45) is 0 Å². The van der Waals surface area contributed by atoms with Crippen LogP contribution in [0.4, 0.5) is 8.78 Å². The highest BCUT2D eigenvalue weighted by molar-refractivity contribution is 5.75. The van der Waals surface area contributed by atoms with Crippen LogP contribution in [-0.4, -0.2) is 17.0 Å². The normalized spacial score (nSPS) is 11.9. The third-order valence-corrected chi connectivity index (χ3v) is 3.06. The van der Waals surface area contributed by atoms with E-state index in [0.717, 1.165) is 16.7 Å². The highest BCUT2D eigenvalue weighted by atomic mass is 19.3. The smallest absolute Gasteiger partial charge is 0.374 e. The van der Waals surface area contributed by atoms with E-state index in [9.17, 15) is 13.6 Å². The molecule has 4 heteroatoms. The highest BCUT2D eigenvalue weighted by Gasteiger charge is 2.38. The zero-order valence-electron chi connectivity index (χ0n) is 10.8.